The minimum atomic E-state index is -0.357. The molecule has 0 rings (SSSR count). The monoisotopic (exact) mass is 113 g/mol. The van der Waals surface area contributed by atoms with Crippen molar-refractivity contribution in [1.82, 2.24) is 0 Å². The van der Waals surface area contributed by atoms with Gasteiger partial charge in [-0.3, -0.25) is 4.79 Å². The molecule has 0 aromatic rings. The Morgan fingerprint density at radius 3 is 2.38 bits per heavy atom. The second-order valence-electron chi connectivity index (χ2n) is 1.75. The highest BCUT2D eigenvalue weighted by Crippen LogP contribution is 1.94. The van der Waals surface area contributed by atoms with Gasteiger partial charge in [0.15, 0.2) is 0 Å². The molecular weight excluding hydrogens is 102 g/mol. The summed E-state index contributed by atoms with van der Waals surface area (Å²) in [5, 5.41) is 0. The van der Waals surface area contributed by atoms with E-state index in [4.69, 9.17) is 5.73 Å². The van der Waals surface area contributed by atoms with E-state index in [1.54, 1.807) is 0 Å². The van der Waals surface area contributed by atoms with Gasteiger partial charge in [-0.1, -0.05) is 12.5 Å². The zero-order chi connectivity index (χ0) is 6.57. The Balaban J connectivity index is 3.75. The number of carbonyl (C=O) groups excluding carboxylic acids is 1. The highest BCUT2D eigenvalue weighted by atomic mass is 16.1. The Hall–Kier alpha value is -0.790. The van der Waals surface area contributed by atoms with Gasteiger partial charge in [-0.2, -0.15) is 0 Å². The Bertz CT molecular complexity index is 116. The van der Waals surface area contributed by atoms with Crippen LogP contribution in [0.15, 0.2) is 11.6 Å². The largest absolute Gasteiger partial charge is 0.366 e. The predicted octanol–water partition coefficient (Wildman–Crippen LogP) is 0.828. The van der Waals surface area contributed by atoms with Gasteiger partial charge >= 0.3 is 0 Å². The molecule has 0 fully saturated rings. The minimum absolute atomic E-state index is 0.357. The van der Waals surface area contributed by atoms with E-state index < -0.39 is 0 Å². The zero-order valence-electron chi connectivity index (χ0n) is 5.27. The van der Waals surface area contributed by atoms with Crippen LogP contribution in [0.4, 0.5) is 0 Å². The molecule has 0 spiro atoms. The van der Waals surface area contributed by atoms with E-state index >= 15 is 0 Å². The summed E-state index contributed by atoms with van der Waals surface area (Å²) >= 11 is 0. The molecule has 2 nitrogen and oxygen atoms in total. The second-order valence-corrected chi connectivity index (χ2v) is 1.75. The summed E-state index contributed by atoms with van der Waals surface area (Å²) in [7, 11) is 0. The first kappa shape index (κ1) is 7.21. The summed E-state index contributed by atoms with van der Waals surface area (Å²) in [6.45, 7) is 3.86. The van der Waals surface area contributed by atoms with Crippen LogP contribution in [0.25, 0.3) is 0 Å². The van der Waals surface area contributed by atoms with E-state index in [1.165, 1.54) is 6.08 Å². The van der Waals surface area contributed by atoms with Crippen molar-refractivity contribution in [3.63, 3.8) is 0 Å². The van der Waals surface area contributed by atoms with Crippen LogP contribution < -0.4 is 5.73 Å². The van der Waals surface area contributed by atoms with Gasteiger partial charge in [-0.25, -0.2) is 0 Å². The normalized spacial score (nSPS) is 11.5. The summed E-state index contributed by atoms with van der Waals surface area (Å²) in [4.78, 5) is 10.1. The van der Waals surface area contributed by atoms with Crippen LogP contribution in [0.5, 0.6) is 0 Å². The average Bonchev–Trinajstić information content (AvgIpc) is 1.65. The molecule has 0 aromatic heterocycles. The number of rotatable bonds is 2. The first-order valence-electron chi connectivity index (χ1n) is 2.63. The van der Waals surface area contributed by atoms with Gasteiger partial charge in [0.05, 0.1) is 0 Å². The number of primary amides is 1. The maximum atomic E-state index is 10.1. The number of hydrogen-bond donors (Lipinski definition) is 1. The molecule has 0 aromatic carbocycles. The van der Waals surface area contributed by atoms with Crippen molar-refractivity contribution in [3.05, 3.63) is 11.6 Å². The van der Waals surface area contributed by atoms with Crippen LogP contribution in [0.1, 0.15) is 20.3 Å². The van der Waals surface area contributed by atoms with Gasteiger partial charge in [0, 0.05) is 6.08 Å². The lowest BCUT2D eigenvalue weighted by Gasteiger charge is -1.88. The lowest BCUT2D eigenvalue weighted by atomic mass is 10.2. The molecule has 0 saturated carbocycles. The molecule has 0 unspecified atom stereocenters. The van der Waals surface area contributed by atoms with Crippen molar-refractivity contribution >= 4 is 5.91 Å². The number of amides is 1. The van der Waals surface area contributed by atoms with Gasteiger partial charge in [-0.05, 0) is 13.3 Å². The molecule has 0 atom stereocenters. The summed E-state index contributed by atoms with van der Waals surface area (Å²) in [5.74, 6) is -0.357. The topological polar surface area (TPSA) is 43.1 Å². The maximum absolute atomic E-state index is 10.1. The molecule has 0 saturated heterocycles. The summed E-state index contributed by atoms with van der Waals surface area (Å²) in [6.07, 6.45) is 2.34. The lowest BCUT2D eigenvalue weighted by molar-refractivity contribution is -0.113. The van der Waals surface area contributed by atoms with Gasteiger partial charge < -0.3 is 5.73 Å². The molecule has 0 bridgehead atoms. The molecule has 2 N–H and O–H groups in total. The highest BCUT2D eigenvalue weighted by Gasteiger charge is 1.85. The third-order valence-corrected chi connectivity index (χ3v) is 0.946. The van der Waals surface area contributed by atoms with Crippen LogP contribution in [-0.4, -0.2) is 5.91 Å². The van der Waals surface area contributed by atoms with Crippen molar-refractivity contribution in [2.75, 3.05) is 0 Å². The third kappa shape index (κ3) is 3.40. The second kappa shape index (κ2) is 3.24. The lowest BCUT2D eigenvalue weighted by Crippen LogP contribution is -2.06. The van der Waals surface area contributed by atoms with Crippen LogP contribution in [-0.2, 0) is 4.79 Å². The average molecular weight is 113 g/mol. The predicted molar refractivity (Wildman–Crippen MR) is 33.2 cm³/mol. The summed E-state index contributed by atoms with van der Waals surface area (Å²) in [5.41, 5.74) is 5.88. The van der Waals surface area contributed by atoms with E-state index in [0.717, 1.165) is 12.0 Å². The first-order valence-corrected chi connectivity index (χ1v) is 2.63. The van der Waals surface area contributed by atoms with Crippen molar-refractivity contribution in [2.24, 2.45) is 5.73 Å². The van der Waals surface area contributed by atoms with Crippen molar-refractivity contribution in [1.29, 1.82) is 0 Å². The summed E-state index contributed by atoms with van der Waals surface area (Å²) < 4.78 is 0. The number of nitrogens with two attached hydrogens (primary N) is 1. The van der Waals surface area contributed by atoms with E-state index in [2.05, 4.69) is 0 Å². The maximum Gasteiger partial charge on any atom is 0.241 e. The fourth-order valence-corrected chi connectivity index (χ4v) is 0.345. The Morgan fingerprint density at radius 2 is 2.25 bits per heavy atom. The molecular formula is C6H11NO. The molecule has 0 aliphatic carbocycles. The van der Waals surface area contributed by atoms with Crippen molar-refractivity contribution in [2.45, 2.75) is 20.3 Å². The first-order chi connectivity index (χ1) is 3.66. The molecule has 8 heavy (non-hydrogen) atoms. The van der Waals surface area contributed by atoms with Crippen molar-refractivity contribution < 1.29 is 4.79 Å². The fraction of sp³-hybridized carbons (Fsp3) is 0.500. The zero-order valence-corrected chi connectivity index (χ0v) is 5.27. The molecule has 0 heterocycles. The van der Waals surface area contributed by atoms with Crippen LogP contribution >= 0.6 is 0 Å². The third-order valence-electron chi connectivity index (χ3n) is 0.946. The van der Waals surface area contributed by atoms with E-state index in [-0.39, 0.29) is 5.91 Å². The van der Waals surface area contributed by atoms with Gasteiger partial charge in [0.2, 0.25) is 5.91 Å². The fourth-order valence-electron chi connectivity index (χ4n) is 0.345. The molecule has 0 aliphatic heterocycles. The van der Waals surface area contributed by atoms with E-state index in [9.17, 15) is 4.79 Å². The Labute approximate surface area is 49.4 Å². The van der Waals surface area contributed by atoms with Gasteiger partial charge in [-0.15, -0.1) is 0 Å². The highest BCUT2D eigenvalue weighted by molar-refractivity contribution is 5.86. The van der Waals surface area contributed by atoms with Crippen LogP contribution in [0.3, 0.4) is 0 Å². The van der Waals surface area contributed by atoms with Crippen LogP contribution in [0, 0.1) is 0 Å². The Morgan fingerprint density at radius 1 is 1.75 bits per heavy atom. The number of hydrogen-bond acceptors (Lipinski definition) is 1. The van der Waals surface area contributed by atoms with Gasteiger partial charge in [0.1, 0.15) is 0 Å². The van der Waals surface area contributed by atoms with Crippen molar-refractivity contribution in [3.8, 4) is 0 Å². The standard InChI is InChI=1S/C6H11NO/c1-3-5(2)4-6(7)8/h4H,3H2,1-2H3,(H2,7,8)/b5-4+. The number of allylic oxidation sites excluding steroid dienone is 1. The molecule has 1 amide bonds. The molecule has 46 valence electrons. The SMILES string of the molecule is CC/C(C)=C/C(N)=O. The molecule has 0 aliphatic rings. The minimum Gasteiger partial charge on any atom is -0.366 e. The summed E-state index contributed by atoms with van der Waals surface area (Å²) in [6, 6.07) is 0. The smallest absolute Gasteiger partial charge is 0.241 e. The molecule has 0 radical (unpaired) electrons. The van der Waals surface area contributed by atoms with E-state index in [0.29, 0.717) is 0 Å². The number of carbonyl (C=O) groups is 1. The molecule has 2 heteroatoms. The van der Waals surface area contributed by atoms with Crippen LogP contribution in [0.2, 0.25) is 0 Å². The van der Waals surface area contributed by atoms with E-state index in [1.807, 2.05) is 13.8 Å². The Kier molecular flexibility index (Phi) is 2.92. The van der Waals surface area contributed by atoms with Gasteiger partial charge in [0.25, 0.3) is 0 Å². The quantitative estimate of drug-likeness (QED) is 0.529.